The van der Waals surface area contributed by atoms with Crippen molar-refractivity contribution in [3.05, 3.63) is 35.1 Å². The van der Waals surface area contributed by atoms with Gasteiger partial charge in [-0.3, -0.25) is 0 Å². The molecule has 0 amide bonds. The Hall–Kier alpha value is -1.36. The van der Waals surface area contributed by atoms with E-state index >= 15 is 0 Å². The van der Waals surface area contributed by atoms with E-state index in [1.165, 1.54) is 6.07 Å². The van der Waals surface area contributed by atoms with E-state index in [-0.39, 0.29) is 17.2 Å². The van der Waals surface area contributed by atoms with Gasteiger partial charge in [-0.1, -0.05) is 26.0 Å². The van der Waals surface area contributed by atoms with Gasteiger partial charge < -0.3 is 0 Å². The van der Waals surface area contributed by atoms with E-state index in [2.05, 4.69) is 6.07 Å². The summed E-state index contributed by atoms with van der Waals surface area (Å²) in [5, 5.41) is 9.01. The van der Waals surface area contributed by atoms with Gasteiger partial charge in [-0.15, -0.1) is 0 Å². The van der Waals surface area contributed by atoms with Crippen molar-refractivity contribution in [2.75, 3.05) is 0 Å². The van der Waals surface area contributed by atoms with Crippen LogP contribution in [0.25, 0.3) is 0 Å². The van der Waals surface area contributed by atoms with Crippen LogP contribution in [0.1, 0.15) is 43.7 Å². The lowest BCUT2D eigenvalue weighted by Crippen LogP contribution is -2.04. The minimum atomic E-state index is -0.379. The molecular weight excluding hydrogens is 189 g/mol. The zero-order valence-corrected chi connectivity index (χ0v) is 9.05. The first-order valence-electron chi connectivity index (χ1n) is 5.30. The highest BCUT2D eigenvalue weighted by molar-refractivity contribution is 5.41. The average Bonchev–Trinajstić information content (AvgIpc) is 2.97. The number of nitrogens with zero attached hydrogens (tertiary/aromatic N) is 1. The Morgan fingerprint density at radius 2 is 2.07 bits per heavy atom. The summed E-state index contributed by atoms with van der Waals surface area (Å²) >= 11 is 0. The molecule has 0 aromatic heterocycles. The molecule has 0 radical (unpaired) electrons. The van der Waals surface area contributed by atoms with E-state index in [9.17, 15) is 4.39 Å². The Kier molecular flexibility index (Phi) is 2.26. The van der Waals surface area contributed by atoms with Crippen molar-refractivity contribution in [1.82, 2.24) is 0 Å². The minimum absolute atomic E-state index is 0.177. The van der Waals surface area contributed by atoms with E-state index in [0.29, 0.717) is 0 Å². The Morgan fingerprint density at radius 1 is 1.40 bits per heavy atom. The molecule has 2 heteroatoms. The molecule has 0 N–H and O–H groups in total. The highest BCUT2D eigenvalue weighted by Gasteiger charge is 2.45. The zero-order valence-electron chi connectivity index (χ0n) is 9.05. The van der Waals surface area contributed by atoms with Crippen LogP contribution in [-0.4, -0.2) is 0 Å². The van der Waals surface area contributed by atoms with Crippen LogP contribution in [0.3, 0.4) is 0 Å². The molecule has 0 aliphatic heterocycles. The normalized spacial score (nSPS) is 17.5. The maximum absolute atomic E-state index is 13.7. The van der Waals surface area contributed by atoms with E-state index in [0.717, 1.165) is 24.0 Å². The largest absolute Gasteiger partial charge is 0.207 e. The maximum Gasteiger partial charge on any atom is 0.126 e. The van der Waals surface area contributed by atoms with Gasteiger partial charge in [0.1, 0.15) is 5.82 Å². The van der Waals surface area contributed by atoms with Crippen molar-refractivity contribution < 1.29 is 4.39 Å². The third-order valence-corrected chi connectivity index (χ3v) is 3.14. The number of benzene rings is 1. The first-order chi connectivity index (χ1) is 7.09. The van der Waals surface area contributed by atoms with Crippen molar-refractivity contribution in [1.29, 1.82) is 5.26 Å². The fraction of sp³-hybridized carbons (Fsp3) is 0.462. The van der Waals surface area contributed by atoms with Crippen LogP contribution >= 0.6 is 0 Å². The summed E-state index contributed by atoms with van der Waals surface area (Å²) in [6.45, 7) is 3.94. The van der Waals surface area contributed by atoms with Gasteiger partial charge in [0.25, 0.3) is 0 Å². The molecule has 1 aromatic carbocycles. The average molecular weight is 203 g/mol. The minimum Gasteiger partial charge on any atom is -0.207 e. The first-order valence-corrected chi connectivity index (χ1v) is 5.30. The second kappa shape index (κ2) is 3.34. The summed E-state index contributed by atoms with van der Waals surface area (Å²) < 4.78 is 13.7. The quantitative estimate of drug-likeness (QED) is 0.721. The summed E-state index contributed by atoms with van der Waals surface area (Å²) in [4.78, 5) is 0. The third kappa shape index (κ3) is 1.63. The van der Waals surface area contributed by atoms with Crippen LogP contribution < -0.4 is 0 Å². The van der Waals surface area contributed by atoms with Gasteiger partial charge >= 0.3 is 0 Å². The van der Waals surface area contributed by atoms with Crippen LogP contribution in [0.4, 0.5) is 4.39 Å². The lowest BCUT2D eigenvalue weighted by atomic mass is 9.93. The van der Waals surface area contributed by atoms with Crippen molar-refractivity contribution >= 4 is 0 Å². The van der Waals surface area contributed by atoms with Gasteiger partial charge in [-0.05, 0) is 36.0 Å². The Bertz CT molecular complexity index is 425. The smallest absolute Gasteiger partial charge is 0.126 e. The maximum atomic E-state index is 13.7. The van der Waals surface area contributed by atoms with E-state index in [4.69, 9.17) is 5.26 Å². The molecule has 0 saturated heterocycles. The monoisotopic (exact) mass is 203 g/mol. The van der Waals surface area contributed by atoms with Gasteiger partial charge in [0.05, 0.1) is 11.5 Å². The molecule has 1 saturated carbocycles. The first kappa shape index (κ1) is 10.2. The lowest BCUT2D eigenvalue weighted by molar-refractivity contribution is 0.594. The fourth-order valence-electron chi connectivity index (χ4n) is 1.88. The van der Waals surface area contributed by atoms with E-state index in [1.807, 2.05) is 26.0 Å². The predicted octanol–water partition coefficient (Wildman–Crippen LogP) is 3.50. The fourth-order valence-corrected chi connectivity index (χ4v) is 1.88. The van der Waals surface area contributed by atoms with Gasteiger partial charge in [-0.25, -0.2) is 4.39 Å². The second-order valence-electron chi connectivity index (χ2n) is 4.58. The number of halogens is 1. The third-order valence-electron chi connectivity index (χ3n) is 3.14. The molecule has 0 bridgehead atoms. The highest BCUT2D eigenvalue weighted by Crippen LogP contribution is 2.47. The number of hydrogen-bond acceptors (Lipinski definition) is 1. The standard InChI is InChI=1S/C13H14FN/c1-9(2)11-4-3-10(7-12(11)14)13(8-15)5-6-13/h3-4,7,9H,5-6H2,1-2H3. The summed E-state index contributed by atoms with van der Waals surface area (Å²) in [6, 6.07) is 7.52. The van der Waals surface area contributed by atoms with Crippen LogP contribution in [0, 0.1) is 17.1 Å². The Labute approximate surface area is 89.5 Å². The summed E-state index contributed by atoms with van der Waals surface area (Å²) in [5.74, 6) is 0.0142. The van der Waals surface area contributed by atoms with Crippen LogP contribution in [0.5, 0.6) is 0 Å². The van der Waals surface area contributed by atoms with Gasteiger partial charge in [0, 0.05) is 0 Å². The molecule has 2 rings (SSSR count). The molecule has 1 nitrogen and oxygen atoms in total. The molecule has 1 aromatic rings. The molecule has 1 aliphatic carbocycles. The SMILES string of the molecule is CC(C)c1ccc(C2(C#N)CC2)cc1F. The zero-order chi connectivity index (χ0) is 11.1. The summed E-state index contributed by atoms with van der Waals surface area (Å²) in [6.07, 6.45) is 1.73. The van der Waals surface area contributed by atoms with Crippen molar-refractivity contribution in [2.45, 2.75) is 38.0 Å². The molecule has 1 fully saturated rings. The molecule has 0 unspecified atom stereocenters. The summed E-state index contributed by atoms with van der Waals surface area (Å²) in [7, 11) is 0. The molecule has 15 heavy (non-hydrogen) atoms. The second-order valence-corrected chi connectivity index (χ2v) is 4.58. The highest BCUT2D eigenvalue weighted by atomic mass is 19.1. The topological polar surface area (TPSA) is 23.8 Å². The molecule has 1 aliphatic rings. The lowest BCUT2D eigenvalue weighted by Gasteiger charge is -2.11. The number of hydrogen-bond donors (Lipinski definition) is 0. The van der Waals surface area contributed by atoms with Crippen LogP contribution in [0.2, 0.25) is 0 Å². The Morgan fingerprint density at radius 3 is 2.47 bits per heavy atom. The molecular formula is C13H14FN. The van der Waals surface area contributed by atoms with Crippen molar-refractivity contribution in [2.24, 2.45) is 0 Å². The molecule has 78 valence electrons. The molecule has 0 atom stereocenters. The van der Waals surface area contributed by atoms with Crippen molar-refractivity contribution in [3.63, 3.8) is 0 Å². The van der Waals surface area contributed by atoms with Gasteiger partial charge in [0.2, 0.25) is 0 Å². The Balaban J connectivity index is 2.39. The van der Waals surface area contributed by atoms with Gasteiger partial charge in [0.15, 0.2) is 0 Å². The van der Waals surface area contributed by atoms with Crippen molar-refractivity contribution in [3.8, 4) is 6.07 Å². The van der Waals surface area contributed by atoms with Crippen LogP contribution in [0.15, 0.2) is 18.2 Å². The van der Waals surface area contributed by atoms with E-state index < -0.39 is 0 Å². The van der Waals surface area contributed by atoms with Crippen LogP contribution in [-0.2, 0) is 5.41 Å². The number of nitriles is 1. The molecule has 0 heterocycles. The van der Waals surface area contributed by atoms with E-state index in [1.54, 1.807) is 0 Å². The summed E-state index contributed by atoms with van der Waals surface area (Å²) in [5.41, 5.74) is 1.19. The molecule has 0 spiro atoms. The number of rotatable bonds is 2. The van der Waals surface area contributed by atoms with Gasteiger partial charge in [-0.2, -0.15) is 5.26 Å². The predicted molar refractivity (Wildman–Crippen MR) is 57.0 cm³/mol.